The monoisotopic (exact) mass is 481 g/mol. The normalized spacial score (nSPS) is 18.4. The predicted molar refractivity (Wildman–Crippen MR) is 131 cm³/mol. The van der Waals surface area contributed by atoms with Gasteiger partial charge in [-0.25, -0.2) is 4.79 Å². The molecule has 180 valence electrons. The van der Waals surface area contributed by atoms with Gasteiger partial charge in [0.05, 0.1) is 0 Å². The van der Waals surface area contributed by atoms with E-state index in [1.54, 1.807) is 18.2 Å². The highest BCUT2D eigenvalue weighted by Gasteiger charge is 2.40. The Morgan fingerprint density at radius 3 is 2.28 bits per heavy atom. The first-order chi connectivity index (χ1) is 17.5. The number of nitrogens with one attached hydrogen (secondary N) is 2. The number of anilines is 1. The zero-order valence-corrected chi connectivity index (χ0v) is 19.3. The molecule has 3 aromatic carbocycles. The largest absolute Gasteiger partial charge is 0.448 e. The molecule has 36 heavy (non-hydrogen) atoms. The summed E-state index contributed by atoms with van der Waals surface area (Å²) in [6.07, 6.45) is -0.154. The number of piperidine rings is 1. The van der Waals surface area contributed by atoms with Crippen LogP contribution in [-0.4, -0.2) is 41.4 Å². The molecule has 6 rings (SSSR count). The first-order valence-electron chi connectivity index (χ1n) is 11.9. The van der Waals surface area contributed by atoms with Crippen molar-refractivity contribution in [2.75, 3.05) is 11.9 Å². The zero-order valence-electron chi connectivity index (χ0n) is 19.3. The number of amides is 4. The van der Waals surface area contributed by atoms with Gasteiger partial charge >= 0.3 is 6.09 Å². The maximum atomic E-state index is 13.0. The summed E-state index contributed by atoms with van der Waals surface area (Å²) in [4.78, 5) is 51.1. The summed E-state index contributed by atoms with van der Waals surface area (Å²) in [6.45, 7) is 0.344. The molecule has 0 saturated carbocycles. The minimum Gasteiger partial charge on any atom is -0.448 e. The second-order valence-corrected chi connectivity index (χ2v) is 9.18. The van der Waals surface area contributed by atoms with E-state index in [9.17, 15) is 19.2 Å². The second kappa shape index (κ2) is 8.64. The Morgan fingerprint density at radius 1 is 0.917 bits per heavy atom. The van der Waals surface area contributed by atoms with Crippen LogP contribution in [0.3, 0.4) is 0 Å². The maximum Gasteiger partial charge on any atom is 0.411 e. The van der Waals surface area contributed by atoms with Crippen molar-refractivity contribution in [2.24, 2.45) is 0 Å². The molecule has 8 nitrogen and oxygen atoms in total. The molecule has 2 N–H and O–H groups in total. The summed E-state index contributed by atoms with van der Waals surface area (Å²) in [5.74, 6) is -1.17. The van der Waals surface area contributed by atoms with Gasteiger partial charge in [-0.3, -0.25) is 25.0 Å². The van der Waals surface area contributed by atoms with Crippen molar-refractivity contribution in [3.8, 4) is 11.1 Å². The minimum atomic E-state index is -0.718. The van der Waals surface area contributed by atoms with E-state index in [0.717, 1.165) is 22.3 Å². The van der Waals surface area contributed by atoms with Crippen LogP contribution in [0.5, 0.6) is 0 Å². The van der Waals surface area contributed by atoms with E-state index >= 15 is 0 Å². The van der Waals surface area contributed by atoms with Gasteiger partial charge in [0, 0.05) is 35.7 Å². The quantitative estimate of drug-likeness (QED) is 0.552. The number of rotatable bonds is 4. The molecule has 1 fully saturated rings. The Balaban J connectivity index is 1.17. The maximum absolute atomic E-state index is 13.0. The molecule has 0 aromatic heterocycles. The van der Waals surface area contributed by atoms with E-state index in [-0.39, 0.29) is 43.7 Å². The van der Waals surface area contributed by atoms with Crippen LogP contribution >= 0.6 is 0 Å². The fourth-order valence-electron chi connectivity index (χ4n) is 5.45. The standard InChI is InChI=1S/C28H23N3O5/c32-25-13-12-24(26(33)30-25)31-14-21-20(27(31)34)10-5-11-23(21)29-28(35)36-15-22-18-8-3-1-6-16(18)17-7-2-4-9-19(17)22/h1-11,22,24H,12-15H2,(H,29,35)(H,30,32,33). The fraction of sp³-hybridized carbons (Fsp3) is 0.214. The van der Waals surface area contributed by atoms with Crippen LogP contribution in [0.4, 0.5) is 10.5 Å². The van der Waals surface area contributed by atoms with Crippen LogP contribution in [0.2, 0.25) is 0 Å². The molecule has 0 radical (unpaired) electrons. The van der Waals surface area contributed by atoms with Gasteiger partial charge < -0.3 is 9.64 Å². The molecule has 2 heterocycles. The summed E-state index contributed by atoms with van der Waals surface area (Å²) in [5, 5.41) is 5.08. The summed E-state index contributed by atoms with van der Waals surface area (Å²) >= 11 is 0. The van der Waals surface area contributed by atoms with Crippen molar-refractivity contribution in [1.29, 1.82) is 0 Å². The predicted octanol–water partition coefficient (Wildman–Crippen LogP) is 3.81. The van der Waals surface area contributed by atoms with Gasteiger partial charge in [0.25, 0.3) is 5.91 Å². The minimum absolute atomic E-state index is 0.0609. The van der Waals surface area contributed by atoms with Crippen molar-refractivity contribution in [2.45, 2.75) is 31.3 Å². The molecule has 4 amide bonds. The average Bonchev–Trinajstić information content (AvgIpc) is 3.38. The summed E-state index contributed by atoms with van der Waals surface area (Å²) in [6, 6.07) is 20.6. The van der Waals surface area contributed by atoms with Gasteiger partial charge in [0.15, 0.2) is 0 Å². The van der Waals surface area contributed by atoms with E-state index in [1.807, 2.05) is 24.3 Å². The van der Waals surface area contributed by atoms with E-state index in [1.165, 1.54) is 4.90 Å². The van der Waals surface area contributed by atoms with E-state index in [4.69, 9.17) is 4.74 Å². The Hall–Kier alpha value is -4.46. The highest BCUT2D eigenvalue weighted by molar-refractivity contribution is 6.06. The smallest absolute Gasteiger partial charge is 0.411 e. The second-order valence-electron chi connectivity index (χ2n) is 9.18. The Labute approximate surface area is 207 Å². The molecule has 3 aliphatic rings. The van der Waals surface area contributed by atoms with Gasteiger partial charge in [0.1, 0.15) is 12.6 Å². The van der Waals surface area contributed by atoms with E-state index < -0.39 is 18.0 Å². The molecular weight excluding hydrogens is 458 g/mol. The molecule has 2 aliphatic heterocycles. The number of carbonyl (C=O) groups is 4. The topological polar surface area (TPSA) is 105 Å². The van der Waals surface area contributed by atoms with Crippen molar-refractivity contribution in [1.82, 2.24) is 10.2 Å². The number of hydrogen-bond acceptors (Lipinski definition) is 5. The van der Waals surface area contributed by atoms with E-state index in [2.05, 4.69) is 34.9 Å². The first kappa shape index (κ1) is 22.0. The lowest BCUT2D eigenvalue weighted by atomic mass is 9.98. The third-order valence-corrected chi connectivity index (χ3v) is 7.16. The average molecular weight is 482 g/mol. The Kier molecular flexibility index (Phi) is 5.29. The highest BCUT2D eigenvalue weighted by atomic mass is 16.5. The molecule has 0 spiro atoms. The number of imide groups is 1. The third kappa shape index (κ3) is 3.62. The van der Waals surface area contributed by atoms with Crippen LogP contribution in [0.15, 0.2) is 66.7 Å². The van der Waals surface area contributed by atoms with Crippen molar-refractivity contribution < 1.29 is 23.9 Å². The summed E-state index contributed by atoms with van der Waals surface area (Å²) in [5.41, 5.74) is 6.06. The van der Waals surface area contributed by atoms with Gasteiger partial charge in [-0.05, 0) is 40.8 Å². The Morgan fingerprint density at radius 2 is 1.58 bits per heavy atom. The molecule has 1 atom stereocenters. The lowest BCUT2D eigenvalue weighted by molar-refractivity contribution is -0.136. The summed E-state index contributed by atoms with van der Waals surface area (Å²) in [7, 11) is 0. The lowest BCUT2D eigenvalue weighted by Gasteiger charge is -2.29. The molecule has 1 saturated heterocycles. The number of hydrogen-bond donors (Lipinski definition) is 2. The van der Waals surface area contributed by atoms with Crippen molar-refractivity contribution >= 4 is 29.5 Å². The molecule has 0 bridgehead atoms. The number of benzene rings is 3. The van der Waals surface area contributed by atoms with Crippen LogP contribution < -0.4 is 10.6 Å². The number of carbonyl (C=O) groups excluding carboxylic acids is 4. The number of ether oxygens (including phenoxy) is 1. The van der Waals surface area contributed by atoms with Gasteiger partial charge in [-0.1, -0.05) is 54.6 Å². The van der Waals surface area contributed by atoms with Gasteiger partial charge in [-0.15, -0.1) is 0 Å². The van der Waals surface area contributed by atoms with Crippen molar-refractivity contribution in [3.05, 3.63) is 89.0 Å². The van der Waals surface area contributed by atoms with Gasteiger partial charge in [-0.2, -0.15) is 0 Å². The van der Waals surface area contributed by atoms with Crippen LogP contribution in [0.1, 0.15) is 45.8 Å². The van der Waals surface area contributed by atoms with E-state index in [0.29, 0.717) is 16.8 Å². The van der Waals surface area contributed by atoms with Gasteiger partial charge in [0.2, 0.25) is 11.8 Å². The van der Waals surface area contributed by atoms with Crippen LogP contribution in [0, 0.1) is 0 Å². The number of fused-ring (bicyclic) bond motifs is 4. The Bertz CT molecular complexity index is 1390. The zero-order chi connectivity index (χ0) is 24.8. The fourth-order valence-corrected chi connectivity index (χ4v) is 5.45. The molecule has 1 unspecified atom stereocenters. The lowest BCUT2D eigenvalue weighted by Crippen LogP contribution is -2.52. The molecule has 8 heteroatoms. The molecular formula is C28H23N3O5. The molecule has 3 aromatic rings. The SMILES string of the molecule is O=C1CCC(N2Cc3c(NC(=O)OCC4c5ccccc5-c5ccccc54)cccc3C2=O)C(=O)N1. The van der Waals surface area contributed by atoms with Crippen LogP contribution in [-0.2, 0) is 20.9 Å². The first-order valence-corrected chi connectivity index (χ1v) is 11.9. The number of nitrogens with zero attached hydrogens (tertiary/aromatic N) is 1. The third-order valence-electron chi connectivity index (χ3n) is 7.16. The highest BCUT2D eigenvalue weighted by Crippen LogP contribution is 2.44. The molecule has 1 aliphatic carbocycles. The van der Waals surface area contributed by atoms with Crippen molar-refractivity contribution in [3.63, 3.8) is 0 Å². The summed E-state index contributed by atoms with van der Waals surface area (Å²) < 4.78 is 5.65. The van der Waals surface area contributed by atoms with Crippen LogP contribution in [0.25, 0.3) is 11.1 Å².